The highest BCUT2D eigenvalue weighted by atomic mass is 14.9. The Morgan fingerprint density at radius 3 is 2.83 bits per heavy atom. The van der Waals surface area contributed by atoms with E-state index >= 15 is 0 Å². The van der Waals surface area contributed by atoms with Crippen molar-refractivity contribution in [1.82, 2.24) is 5.32 Å². The molecule has 0 heterocycles. The molecule has 2 unspecified atom stereocenters. The number of aryl methyl sites for hydroxylation is 1. The van der Waals surface area contributed by atoms with Gasteiger partial charge >= 0.3 is 0 Å². The molecule has 0 aliphatic heterocycles. The first-order valence-corrected chi connectivity index (χ1v) is 7.59. The molecular formula is C17H27N. The lowest BCUT2D eigenvalue weighted by Crippen LogP contribution is -2.30. The summed E-state index contributed by atoms with van der Waals surface area (Å²) in [5.74, 6) is 0.766. The van der Waals surface area contributed by atoms with Gasteiger partial charge in [-0.2, -0.15) is 0 Å². The lowest BCUT2D eigenvalue weighted by atomic mass is 9.89. The monoisotopic (exact) mass is 245 g/mol. The Hall–Kier alpha value is -0.820. The van der Waals surface area contributed by atoms with Crippen LogP contribution in [0, 0.1) is 6.92 Å². The molecule has 1 heteroatoms. The van der Waals surface area contributed by atoms with Crippen molar-refractivity contribution in [3.63, 3.8) is 0 Å². The summed E-state index contributed by atoms with van der Waals surface area (Å²) in [4.78, 5) is 0. The molecule has 2 rings (SSSR count). The molecule has 100 valence electrons. The van der Waals surface area contributed by atoms with Gasteiger partial charge in [0.2, 0.25) is 0 Å². The van der Waals surface area contributed by atoms with Gasteiger partial charge in [-0.15, -0.1) is 0 Å². The summed E-state index contributed by atoms with van der Waals surface area (Å²) in [6.45, 7) is 5.62. The van der Waals surface area contributed by atoms with E-state index in [9.17, 15) is 0 Å². The molecule has 0 saturated heterocycles. The summed E-state index contributed by atoms with van der Waals surface area (Å²) in [5, 5.41) is 3.73. The van der Waals surface area contributed by atoms with Gasteiger partial charge in [-0.05, 0) is 50.6 Å². The second-order valence-electron chi connectivity index (χ2n) is 5.78. The second-order valence-corrected chi connectivity index (χ2v) is 5.78. The lowest BCUT2D eigenvalue weighted by Gasteiger charge is -2.21. The maximum absolute atomic E-state index is 3.73. The molecule has 2 atom stereocenters. The molecule has 0 aromatic heterocycles. The summed E-state index contributed by atoms with van der Waals surface area (Å²) in [5.41, 5.74) is 2.95. The Kier molecular flexibility index (Phi) is 5.25. The number of hydrogen-bond donors (Lipinski definition) is 1. The fraction of sp³-hybridized carbons (Fsp3) is 0.647. The van der Waals surface area contributed by atoms with E-state index in [1.807, 2.05) is 0 Å². The van der Waals surface area contributed by atoms with Crippen molar-refractivity contribution in [2.24, 2.45) is 0 Å². The Labute approximate surface area is 112 Å². The van der Waals surface area contributed by atoms with Crippen LogP contribution in [0.5, 0.6) is 0 Å². The zero-order valence-corrected chi connectivity index (χ0v) is 11.9. The minimum Gasteiger partial charge on any atom is -0.314 e. The predicted molar refractivity (Wildman–Crippen MR) is 79.1 cm³/mol. The predicted octanol–water partition coefficient (Wildman–Crippen LogP) is 4.41. The third-order valence-corrected chi connectivity index (χ3v) is 4.12. The maximum atomic E-state index is 3.73. The molecule has 18 heavy (non-hydrogen) atoms. The van der Waals surface area contributed by atoms with Crippen LogP contribution < -0.4 is 5.32 Å². The van der Waals surface area contributed by atoms with Crippen molar-refractivity contribution in [2.75, 3.05) is 6.54 Å². The van der Waals surface area contributed by atoms with Crippen molar-refractivity contribution in [2.45, 2.75) is 64.3 Å². The van der Waals surface area contributed by atoms with Gasteiger partial charge in [-0.3, -0.25) is 0 Å². The molecule has 0 amide bonds. The summed E-state index contributed by atoms with van der Waals surface area (Å²) in [7, 11) is 0. The maximum Gasteiger partial charge on any atom is 0.00728 e. The molecule has 0 spiro atoms. The zero-order chi connectivity index (χ0) is 12.8. The third kappa shape index (κ3) is 3.84. The quantitative estimate of drug-likeness (QED) is 0.775. The van der Waals surface area contributed by atoms with Crippen LogP contribution in [0.2, 0.25) is 0 Å². The van der Waals surface area contributed by atoms with Crippen LogP contribution in [0.3, 0.4) is 0 Å². The fourth-order valence-electron chi connectivity index (χ4n) is 3.12. The van der Waals surface area contributed by atoms with E-state index in [2.05, 4.69) is 43.4 Å². The topological polar surface area (TPSA) is 12.0 Å². The van der Waals surface area contributed by atoms with Crippen molar-refractivity contribution >= 4 is 0 Å². The first-order chi connectivity index (χ1) is 8.79. The van der Waals surface area contributed by atoms with Gasteiger partial charge in [0.15, 0.2) is 0 Å². The largest absolute Gasteiger partial charge is 0.314 e. The van der Waals surface area contributed by atoms with Crippen molar-refractivity contribution < 1.29 is 0 Å². The third-order valence-electron chi connectivity index (χ3n) is 4.12. The van der Waals surface area contributed by atoms with E-state index in [4.69, 9.17) is 0 Å². The van der Waals surface area contributed by atoms with Crippen LogP contribution in [0.4, 0.5) is 0 Å². The number of rotatable bonds is 4. The SMILES string of the molecule is CCCNC1CCCCC(c2cccc(C)c2)C1. The van der Waals surface area contributed by atoms with Crippen molar-refractivity contribution in [3.8, 4) is 0 Å². The molecular weight excluding hydrogens is 218 g/mol. The first kappa shape index (κ1) is 13.6. The average Bonchev–Trinajstić information content (AvgIpc) is 2.62. The van der Waals surface area contributed by atoms with E-state index < -0.39 is 0 Å². The van der Waals surface area contributed by atoms with Gasteiger partial charge in [0.05, 0.1) is 0 Å². The van der Waals surface area contributed by atoms with Gasteiger partial charge in [0, 0.05) is 6.04 Å². The normalized spacial score (nSPS) is 24.8. The zero-order valence-electron chi connectivity index (χ0n) is 11.9. The average molecular weight is 245 g/mol. The molecule has 0 bridgehead atoms. The summed E-state index contributed by atoms with van der Waals surface area (Å²) in [6, 6.07) is 9.85. The smallest absolute Gasteiger partial charge is 0.00728 e. The molecule has 1 fully saturated rings. The highest BCUT2D eigenvalue weighted by Gasteiger charge is 2.20. The van der Waals surface area contributed by atoms with Crippen molar-refractivity contribution in [3.05, 3.63) is 35.4 Å². The van der Waals surface area contributed by atoms with E-state index in [1.165, 1.54) is 50.6 Å². The Morgan fingerprint density at radius 2 is 2.06 bits per heavy atom. The number of nitrogens with one attached hydrogen (secondary N) is 1. The molecule has 1 saturated carbocycles. The fourth-order valence-corrected chi connectivity index (χ4v) is 3.12. The molecule has 1 aliphatic rings. The van der Waals surface area contributed by atoms with Crippen LogP contribution in [-0.2, 0) is 0 Å². The number of benzene rings is 1. The van der Waals surface area contributed by atoms with Crippen LogP contribution in [0.25, 0.3) is 0 Å². The second kappa shape index (κ2) is 6.94. The van der Waals surface area contributed by atoms with Crippen LogP contribution >= 0.6 is 0 Å². The van der Waals surface area contributed by atoms with Gasteiger partial charge in [-0.25, -0.2) is 0 Å². The summed E-state index contributed by atoms with van der Waals surface area (Å²) >= 11 is 0. The van der Waals surface area contributed by atoms with Crippen LogP contribution in [0.15, 0.2) is 24.3 Å². The molecule has 1 aromatic carbocycles. The van der Waals surface area contributed by atoms with Crippen molar-refractivity contribution in [1.29, 1.82) is 0 Å². The van der Waals surface area contributed by atoms with Crippen LogP contribution in [-0.4, -0.2) is 12.6 Å². The highest BCUT2D eigenvalue weighted by Crippen LogP contribution is 2.32. The van der Waals surface area contributed by atoms with E-state index in [0.717, 1.165) is 12.0 Å². The van der Waals surface area contributed by atoms with Gasteiger partial charge in [0.25, 0.3) is 0 Å². The molecule has 1 N–H and O–H groups in total. The molecule has 1 aromatic rings. The number of hydrogen-bond acceptors (Lipinski definition) is 1. The minimum absolute atomic E-state index is 0.734. The van der Waals surface area contributed by atoms with Gasteiger partial charge in [-0.1, -0.05) is 49.6 Å². The molecule has 1 aliphatic carbocycles. The van der Waals surface area contributed by atoms with Gasteiger partial charge < -0.3 is 5.32 Å². The summed E-state index contributed by atoms with van der Waals surface area (Å²) < 4.78 is 0. The lowest BCUT2D eigenvalue weighted by molar-refractivity contribution is 0.439. The highest BCUT2D eigenvalue weighted by molar-refractivity contribution is 5.25. The first-order valence-electron chi connectivity index (χ1n) is 7.59. The summed E-state index contributed by atoms with van der Waals surface area (Å²) in [6.07, 6.45) is 8.08. The minimum atomic E-state index is 0.734. The van der Waals surface area contributed by atoms with Crippen LogP contribution in [0.1, 0.15) is 62.5 Å². The Balaban J connectivity index is 2.02. The molecule has 0 radical (unpaired) electrons. The molecule has 1 nitrogen and oxygen atoms in total. The van der Waals surface area contributed by atoms with E-state index in [0.29, 0.717) is 0 Å². The van der Waals surface area contributed by atoms with E-state index in [1.54, 1.807) is 5.56 Å². The van der Waals surface area contributed by atoms with Gasteiger partial charge in [0.1, 0.15) is 0 Å². The standard InChI is InChI=1S/C17H27N/c1-3-11-18-17-10-5-4-8-16(13-17)15-9-6-7-14(2)12-15/h6-7,9,12,16-18H,3-5,8,10-11,13H2,1-2H3. The Bertz CT molecular complexity index is 358. The Morgan fingerprint density at radius 1 is 1.22 bits per heavy atom. The van der Waals surface area contributed by atoms with E-state index in [-0.39, 0.29) is 0 Å².